The van der Waals surface area contributed by atoms with Crippen molar-refractivity contribution in [2.24, 2.45) is 0 Å². The average molecular weight is 653 g/mol. The molecule has 0 bridgehead atoms. The van der Waals surface area contributed by atoms with Gasteiger partial charge in [0, 0.05) is 27.6 Å². The van der Waals surface area contributed by atoms with E-state index in [0.29, 0.717) is 5.56 Å². The molecule has 0 unspecified atom stereocenters. The molecule has 10 rings (SSSR count). The second-order valence-electron chi connectivity index (χ2n) is 15.3. The van der Waals surface area contributed by atoms with Crippen molar-refractivity contribution in [3.63, 3.8) is 0 Å². The van der Waals surface area contributed by atoms with Crippen LogP contribution in [0.15, 0.2) is 146 Å². The smallest absolute Gasteiger partial charge is 0.0991 e. The van der Waals surface area contributed by atoms with Crippen LogP contribution < -0.4 is 4.90 Å². The second-order valence-corrected chi connectivity index (χ2v) is 15.3. The third-order valence-corrected chi connectivity index (χ3v) is 11.8. The third kappa shape index (κ3) is 4.10. The number of rotatable bonds is 4. The Morgan fingerprint density at radius 2 is 1.12 bits per heavy atom. The first-order chi connectivity index (χ1) is 24.8. The van der Waals surface area contributed by atoms with Crippen molar-refractivity contribution in [1.29, 1.82) is 5.26 Å². The number of nitriles is 1. The van der Waals surface area contributed by atoms with Crippen LogP contribution in [0, 0.1) is 11.3 Å². The molecule has 0 N–H and O–H groups in total. The van der Waals surface area contributed by atoms with Crippen molar-refractivity contribution in [2.45, 2.75) is 38.5 Å². The van der Waals surface area contributed by atoms with Crippen molar-refractivity contribution in [2.75, 3.05) is 4.90 Å². The van der Waals surface area contributed by atoms with E-state index in [2.05, 4.69) is 172 Å². The maximum absolute atomic E-state index is 9.64. The molecule has 2 nitrogen and oxygen atoms in total. The number of hydrogen-bond donors (Lipinski definition) is 0. The van der Waals surface area contributed by atoms with Crippen LogP contribution in [-0.2, 0) is 10.8 Å². The molecular formula is C49H36N2. The Hall–Kier alpha value is -6.17. The molecule has 0 saturated carbocycles. The van der Waals surface area contributed by atoms with Gasteiger partial charge < -0.3 is 4.90 Å². The number of benzene rings is 8. The molecule has 0 spiro atoms. The molecule has 2 aliphatic rings. The monoisotopic (exact) mass is 652 g/mol. The van der Waals surface area contributed by atoms with Gasteiger partial charge in [-0.3, -0.25) is 0 Å². The molecule has 0 aromatic heterocycles. The Balaban J connectivity index is 1.18. The van der Waals surface area contributed by atoms with Gasteiger partial charge in [-0.15, -0.1) is 0 Å². The molecule has 8 aromatic rings. The van der Waals surface area contributed by atoms with E-state index in [9.17, 15) is 5.26 Å². The van der Waals surface area contributed by atoms with Gasteiger partial charge in [0.15, 0.2) is 0 Å². The summed E-state index contributed by atoms with van der Waals surface area (Å²) in [5.74, 6) is 0. The predicted octanol–water partition coefficient (Wildman–Crippen LogP) is 13.1. The van der Waals surface area contributed by atoms with Gasteiger partial charge in [0.05, 0.1) is 17.3 Å². The van der Waals surface area contributed by atoms with Crippen molar-refractivity contribution < 1.29 is 0 Å². The number of anilines is 3. The molecular weight excluding hydrogens is 617 g/mol. The first kappa shape index (κ1) is 29.7. The van der Waals surface area contributed by atoms with E-state index >= 15 is 0 Å². The lowest BCUT2D eigenvalue weighted by molar-refractivity contribution is 0.660. The minimum absolute atomic E-state index is 0.0827. The largest absolute Gasteiger partial charge is 0.310 e. The topological polar surface area (TPSA) is 27.0 Å². The quantitative estimate of drug-likeness (QED) is 0.177. The van der Waals surface area contributed by atoms with Crippen molar-refractivity contribution >= 4 is 49.4 Å². The molecule has 8 aromatic carbocycles. The van der Waals surface area contributed by atoms with Crippen LogP contribution in [0.25, 0.3) is 54.6 Å². The van der Waals surface area contributed by atoms with Crippen LogP contribution in [0.3, 0.4) is 0 Å². The summed E-state index contributed by atoms with van der Waals surface area (Å²) < 4.78 is 0. The highest BCUT2D eigenvalue weighted by Gasteiger charge is 2.36. The zero-order valence-electron chi connectivity index (χ0n) is 29.3. The van der Waals surface area contributed by atoms with E-state index in [0.717, 1.165) is 17.1 Å². The van der Waals surface area contributed by atoms with Crippen LogP contribution >= 0.6 is 0 Å². The van der Waals surface area contributed by atoms with Gasteiger partial charge in [-0.1, -0.05) is 119 Å². The van der Waals surface area contributed by atoms with Gasteiger partial charge in [0.1, 0.15) is 0 Å². The van der Waals surface area contributed by atoms with Gasteiger partial charge in [0.2, 0.25) is 0 Å². The number of fused-ring (bicyclic) bond motifs is 4. The van der Waals surface area contributed by atoms with Crippen LogP contribution in [0.1, 0.15) is 55.5 Å². The van der Waals surface area contributed by atoms with Crippen LogP contribution in [0.2, 0.25) is 0 Å². The van der Waals surface area contributed by atoms with E-state index in [1.54, 1.807) is 0 Å². The maximum Gasteiger partial charge on any atom is 0.0991 e. The fraction of sp³-hybridized carbons (Fsp3) is 0.122. The summed E-state index contributed by atoms with van der Waals surface area (Å²) in [7, 11) is 0. The lowest BCUT2D eigenvalue weighted by Crippen LogP contribution is -2.16. The fourth-order valence-corrected chi connectivity index (χ4v) is 9.23. The molecule has 2 heteroatoms. The highest BCUT2D eigenvalue weighted by Crippen LogP contribution is 2.53. The summed E-state index contributed by atoms with van der Waals surface area (Å²) in [5, 5.41) is 17.4. The lowest BCUT2D eigenvalue weighted by atomic mass is 9.80. The van der Waals surface area contributed by atoms with Gasteiger partial charge >= 0.3 is 0 Å². The zero-order chi connectivity index (χ0) is 34.6. The third-order valence-electron chi connectivity index (χ3n) is 11.8. The summed E-state index contributed by atoms with van der Waals surface area (Å²) in [6.07, 6.45) is 0. The highest BCUT2D eigenvalue weighted by molar-refractivity contribution is 6.16. The Kier molecular flexibility index (Phi) is 6.07. The first-order valence-corrected chi connectivity index (χ1v) is 17.8. The number of nitrogens with zero attached hydrogens (tertiary/aromatic N) is 2. The maximum atomic E-state index is 9.64. The number of hydrogen-bond acceptors (Lipinski definition) is 2. The van der Waals surface area contributed by atoms with Crippen LogP contribution in [0.5, 0.6) is 0 Å². The van der Waals surface area contributed by atoms with Crippen LogP contribution in [0.4, 0.5) is 17.1 Å². The summed E-state index contributed by atoms with van der Waals surface area (Å²) in [5.41, 5.74) is 14.2. The molecule has 0 saturated heterocycles. The van der Waals surface area contributed by atoms with E-state index in [-0.39, 0.29) is 10.8 Å². The molecule has 0 radical (unpaired) electrons. The van der Waals surface area contributed by atoms with Crippen molar-refractivity contribution in [3.05, 3.63) is 173 Å². The second kappa shape index (κ2) is 10.4. The minimum Gasteiger partial charge on any atom is -0.310 e. The molecule has 51 heavy (non-hydrogen) atoms. The van der Waals surface area contributed by atoms with E-state index in [1.807, 2.05) is 12.1 Å². The van der Waals surface area contributed by atoms with Gasteiger partial charge in [-0.2, -0.15) is 5.26 Å². The Bertz CT molecular complexity index is 2810. The standard InChI is InChI=1S/C49H36N2/c1-48(2)41-14-8-7-12-38(41)39-23-22-35(28-43(39)48)51(34-20-16-30(29-50)17-21-34)45-25-24-36(37-11-5-6-13-40(37)45)33-26-32-19-18-31-10-9-15-42-46(31)47(32)44(27-33)49(42,3)4/h5-28H,1-4H3. The molecule has 0 heterocycles. The average Bonchev–Trinajstić information content (AvgIpc) is 3.54. The van der Waals surface area contributed by atoms with Crippen molar-refractivity contribution in [3.8, 4) is 28.3 Å². The zero-order valence-corrected chi connectivity index (χ0v) is 29.3. The SMILES string of the molecule is CC1(C)c2ccccc2-c2ccc(N(c3ccc(C#N)cc3)c3ccc(-c4cc5c6c(ccc7cccc(c76)C5(C)C)c4)c4ccccc34)cc21. The summed E-state index contributed by atoms with van der Waals surface area (Å²) >= 11 is 0. The lowest BCUT2D eigenvalue weighted by Gasteiger charge is -2.29. The summed E-state index contributed by atoms with van der Waals surface area (Å²) in [4.78, 5) is 2.36. The normalized spacial score (nSPS) is 14.6. The minimum atomic E-state index is -0.124. The molecule has 242 valence electrons. The van der Waals surface area contributed by atoms with Crippen molar-refractivity contribution in [1.82, 2.24) is 0 Å². The molecule has 0 atom stereocenters. The molecule has 0 amide bonds. The fourth-order valence-electron chi connectivity index (χ4n) is 9.23. The summed E-state index contributed by atoms with van der Waals surface area (Å²) in [6.45, 7) is 9.40. The highest BCUT2D eigenvalue weighted by atomic mass is 15.1. The Morgan fingerprint density at radius 3 is 1.94 bits per heavy atom. The van der Waals surface area contributed by atoms with Gasteiger partial charge in [-0.05, 0) is 126 Å². The first-order valence-electron chi connectivity index (χ1n) is 17.8. The Morgan fingerprint density at radius 1 is 0.471 bits per heavy atom. The molecule has 0 fully saturated rings. The summed E-state index contributed by atoms with van der Waals surface area (Å²) in [6, 6.07) is 55.6. The van der Waals surface area contributed by atoms with E-state index in [1.165, 1.54) is 76.8 Å². The Labute approximate surface area is 298 Å². The van der Waals surface area contributed by atoms with E-state index in [4.69, 9.17) is 0 Å². The molecule has 2 aliphatic carbocycles. The predicted molar refractivity (Wildman–Crippen MR) is 213 cm³/mol. The van der Waals surface area contributed by atoms with E-state index < -0.39 is 0 Å². The van der Waals surface area contributed by atoms with Gasteiger partial charge in [0.25, 0.3) is 0 Å². The van der Waals surface area contributed by atoms with Crippen LogP contribution in [-0.4, -0.2) is 0 Å². The molecule has 0 aliphatic heterocycles. The van der Waals surface area contributed by atoms with Gasteiger partial charge in [-0.25, -0.2) is 0 Å².